The Morgan fingerprint density at radius 3 is 2.11 bits per heavy atom. The molecule has 0 aliphatic carbocycles. The number of hydrogen-bond acceptors (Lipinski definition) is 4. The van der Waals surface area contributed by atoms with Gasteiger partial charge in [0, 0.05) is 6.26 Å². The highest BCUT2D eigenvalue weighted by Crippen LogP contribution is 2.18. The Hall–Kier alpha value is -2.34. The van der Waals surface area contributed by atoms with E-state index in [4.69, 9.17) is 4.74 Å². The second-order valence-corrected chi connectivity index (χ2v) is 8.60. The Bertz CT molecular complexity index is 858. The van der Waals surface area contributed by atoms with E-state index >= 15 is 0 Å². The second kappa shape index (κ2) is 9.04. The lowest BCUT2D eigenvalue weighted by atomic mass is 10.1. The first-order valence-electron chi connectivity index (χ1n) is 9.10. The van der Waals surface area contributed by atoms with Gasteiger partial charge in [0.05, 0.1) is 10.9 Å². The SMILES string of the molecule is CCc1ccc(O[C@@H](CC)C(=O)N[C@H](C)c2ccc(S(C)(=O)=O)cc2)cc1. The van der Waals surface area contributed by atoms with Crippen LogP contribution in [0.25, 0.3) is 0 Å². The van der Waals surface area contributed by atoms with Gasteiger partial charge in [0.1, 0.15) is 5.75 Å². The lowest BCUT2D eigenvalue weighted by Gasteiger charge is -2.21. The van der Waals surface area contributed by atoms with Crippen LogP contribution in [0.15, 0.2) is 53.4 Å². The predicted molar refractivity (Wildman–Crippen MR) is 107 cm³/mol. The monoisotopic (exact) mass is 389 g/mol. The third-order valence-electron chi connectivity index (χ3n) is 4.44. The van der Waals surface area contributed by atoms with Crippen molar-refractivity contribution < 1.29 is 17.9 Å². The molecule has 0 unspecified atom stereocenters. The Morgan fingerprint density at radius 1 is 1.04 bits per heavy atom. The van der Waals surface area contributed by atoms with Crippen molar-refractivity contribution >= 4 is 15.7 Å². The van der Waals surface area contributed by atoms with E-state index in [1.807, 2.05) is 38.1 Å². The molecule has 0 spiro atoms. The summed E-state index contributed by atoms with van der Waals surface area (Å²) < 4.78 is 28.9. The molecule has 0 fully saturated rings. The smallest absolute Gasteiger partial charge is 0.261 e. The van der Waals surface area contributed by atoms with Crippen LogP contribution < -0.4 is 10.1 Å². The zero-order valence-electron chi connectivity index (χ0n) is 16.2. The average Bonchev–Trinajstić information content (AvgIpc) is 2.65. The molecule has 2 aromatic carbocycles. The normalized spacial score (nSPS) is 13.6. The van der Waals surface area contributed by atoms with Crippen molar-refractivity contribution in [2.24, 2.45) is 0 Å². The number of ether oxygens (including phenoxy) is 1. The molecule has 2 aromatic rings. The van der Waals surface area contributed by atoms with Crippen LogP contribution in [-0.4, -0.2) is 26.7 Å². The summed E-state index contributed by atoms with van der Waals surface area (Å²) in [5.74, 6) is 0.469. The third kappa shape index (κ3) is 5.82. The highest BCUT2D eigenvalue weighted by molar-refractivity contribution is 7.90. The predicted octanol–water partition coefficient (Wildman–Crippen LogP) is 3.69. The number of aryl methyl sites for hydroxylation is 1. The highest BCUT2D eigenvalue weighted by atomic mass is 32.2. The first-order chi connectivity index (χ1) is 12.7. The fourth-order valence-electron chi connectivity index (χ4n) is 2.68. The zero-order chi connectivity index (χ0) is 20.0. The van der Waals surface area contributed by atoms with Crippen LogP contribution in [0.1, 0.15) is 44.4 Å². The fourth-order valence-corrected chi connectivity index (χ4v) is 3.31. The molecule has 0 radical (unpaired) electrons. The maximum absolute atomic E-state index is 12.6. The standard InChI is InChI=1S/C21H27NO4S/c1-5-16-7-11-18(12-8-16)26-20(6-2)21(23)22-15(3)17-9-13-19(14-10-17)27(4,24)25/h7-15,20H,5-6H2,1-4H3,(H,22,23)/t15-,20+/m1/s1. The van der Waals surface area contributed by atoms with Crippen molar-refractivity contribution in [2.75, 3.05) is 6.26 Å². The van der Waals surface area contributed by atoms with Crippen LogP contribution in [0.4, 0.5) is 0 Å². The number of amides is 1. The van der Waals surface area contributed by atoms with Gasteiger partial charge in [-0.25, -0.2) is 8.42 Å². The van der Waals surface area contributed by atoms with Gasteiger partial charge in [-0.3, -0.25) is 4.79 Å². The number of carbonyl (C=O) groups is 1. The largest absolute Gasteiger partial charge is 0.481 e. The second-order valence-electron chi connectivity index (χ2n) is 6.58. The highest BCUT2D eigenvalue weighted by Gasteiger charge is 2.21. The van der Waals surface area contributed by atoms with Crippen LogP contribution in [-0.2, 0) is 21.1 Å². The average molecular weight is 390 g/mol. The minimum absolute atomic E-state index is 0.197. The molecule has 0 aromatic heterocycles. The van der Waals surface area contributed by atoms with Gasteiger partial charge in [-0.05, 0) is 55.2 Å². The maximum atomic E-state index is 12.6. The molecular formula is C21H27NO4S. The van der Waals surface area contributed by atoms with Crippen molar-refractivity contribution in [3.05, 3.63) is 59.7 Å². The van der Waals surface area contributed by atoms with Crippen molar-refractivity contribution in [3.8, 4) is 5.75 Å². The topological polar surface area (TPSA) is 72.5 Å². The summed E-state index contributed by atoms with van der Waals surface area (Å²) in [7, 11) is -3.23. The molecule has 27 heavy (non-hydrogen) atoms. The summed E-state index contributed by atoms with van der Waals surface area (Å²) in [5, 5.41) is 2.93. The Kier molecular flexibility index (Phi) is 7.02. The minimum atomic E-state index is -3.23. The third-order valence-corrected chi connectivity index (χ3v) is 5.57. The van der Waals surface area contributed by atoms with E-state index in [9.17, 15) is 13.2 Å². The fraction of sp³-hybridized carbons (Fsp3) is 0.381. The molecule has 0 bridgehead atoms. The van der Waals surface area contributed by atoms with Gasteiger partial charge in [-0.1, -0.05) is 38.1 Å². The van der Waals surface area contributed by atoms with Gasteiger partial charge in [0.15, 0.2) is 15.9 Å². The molecule has 6 heteroatoms. The Labute approximate surface area is 161 Å². The molecule has 1 N–H and O–H groups in total. The minimum Gasteiger partial charge on any atom is -0.481 e. The number of nitrogens with one attached hydrogen (secondary N) is 1. The zero-order valence-corrected chi connectivity index (χ0v) is 17.0. The summed E-state index contributed by atoms with van der Waals surface area (Å²) in [4.78, 5) is 12.8. The van der Waals surface area contributed by atoms with Gasteiger partial charge in [0.25, 0.3) is 5.91 Å². The quantitative estimate of drug-likeness (QED) is 0.747. The first kappa shape index (κ1) is 21.0. The molecule has 0 aliphatic heterocycles. The molecule has 0 heterocycles. The summed E-state index contributed by atoms with van der Waals surface area (Å²) in [6.45, 7) is 5.84. The van der Waals surface area contributed by atoms with E-state index in [0.29, 0.717) is 12.2 Å². The molecule has 5 nitrogen and oxygen atoms in total. The summed E-state index contributed by atoms with van der Waals surface area (Å²) in [5.41, 5.74) is 2.05. The van der Waals surface area contributed by atoms with Crippen LogP contribution >= 0.6 is 0 Å². The molecule has 146 valence electrons. The van der Waals surface area contributed by atoms with Crippen molar-refractivity contribution in [3.63, 3.8) is 0 Å². The summed E-state index contributed by atoms with van der Waals surface area (Å²) >= 11 is 0. The van der Waals surface area contributed by atoms with Crippen molar-refractivity contribution in [1.82, 2.24) is 5.32 Å². The lowest BCUT2D eigenvalue weighted by Crippen LogP contribution is -2.39. The molecule has 2 rings (SSSR count). The van der Waals surface area contributed by atoms with Gasteiger partial charge in [0.2, 0.25) is 0 Å². The van der Waals surface area contributed by atoms with Gasteiger partial charge >= 0.3 is 0 Å². The first-order valence-corrected chi connectivity index (χ1v) is 11.0. The van der Waals surface area contributed by atoms with Crippen molar-refractivity contribution in [1.29, 1.82) is 0 Å². The van der Waals surface area contributed by atoms with E-state index < -0.39 is 15.9 Å². The Balaban J connectivity index is 2.02. The van der Waals surface area contributed by atoms with Crippen LogP contribution in [0, 0.1) is 0 Å². The van der Waals surface area contributed by atoms with Crippen molar-refractivity contribution in [2.45, 2.75) is 50.7 Å². The number of sulfone groups is 1. The number of benzene rings is 2. The molecular weight excluding hydrogens is 362 g/mol. The van der Waals surface area contributed by atoms with Gasteiger partial charge < -0.3 is 10.1 Å². The van der Waals surface area contributed by atoms with E-state index in [2.05, 4.69) is 12.2 Å². The summed E-state index contributed by atoms with van der Waals surface area (Å²) in [6.07, 6.45) is 2.08. The van der Waals surface area contributed by atoms with E-state index in [-0.39, 0.29) is 16.8 Å². The van der Waals surface area contributed by atoms with Gasteiger partial charge in [-0.2, -0.15) is 0 Å². The lowest BCUT2D eigenvalue weighted by molar-refractivity contribution is -0.128. The van der Waals surface area contributed by atoms with E-state index in [0.717, 1.165) is 12.0 Å². The Morgan fingerprint density at radius 2 is 1.63 bits per heavy atom. The summed E-state index contributed by atoms with van der Waals surface area (Å²) in [6, 6.07) is 14.0. The maximum Gasteiger partial charge on any atom is 0.261 e. The molecule has 0 aliphatic rings. The van der Waals surface area contributed by atoms with Crippen LogP contribution in [0.2, 0.25) is 0 Å². The molecule has 0 saturated heterocycles. The number of hydrogen-bond donors (Lipinski definition) is 1. The van der Waals surface area contributed by atoms with Crippen LogP contribution in [0.3, 0.4) is 0 Å². The van der Waals surface area contributed by atoms with E-state index in [1.165, 1.54) is 11.8 Å². The van der Waals surface area contributed by atoms with Crippen LogP contribution in [0.5, 0.6) is 5.75 Å². The molecule has 2 atom stereocenters. The molecule has 1 amide bonds. The van der Waals surface area contributed by atoms with E-state index in [1.54, 1.807) is 24.3 Å². The number of carbonyl (C=O) groups excluding carboxylic acids is 1. The number of rotatable bonds is 8. The van der Waals surface area contributed by atoms with Gasteiger partial charge in [-0.15, -0.1) is 0 Å². The molecule has 0 saturated carbocycles.